The van der Waals surface area contributed by atoms with Gasteiger partial charge < -0.3 is 19.7 Å². The van der Waals surface area contributed by atoms with Crippen LogP contribution < -0.4 is 0 Å². The van der Waals surface area contributed by atoms with Gasteiger partial charge in [0.15, 0.2) is 0 Å². The minimum absolute atomic E-state index is 0.168. The largest absolute Gasteiger partial charge is 0.369 e. The van der Waals surface area contributed by atoms with E-state index in [0.717, 1.165) is 32.5 Å². The lowest BCUT2D eigenvalue weighted by atomic mass is 9.87. The topological polar surface area (TPSA) is 40.1 Å². The second-order valence-electron chi connectivity index (χ2n) is 11.5. The van der Waals surface area contributed by atoms with Crippen molar-refractivity contribution in [2.75, 3.05) is 40.8 Å². The van der Waals surface area contributed by atoms with Crippen molar-refractivity contribution >= 4 is 5.84 Å². The average Bonchev–Trinajstić information content (AvgIpc) is 3.05. The summed E-state index contributed by atoms with van der Waals surface area (Å²) in [6, 6.07) is 0.962. The summed E-state index contributed by atoms with van der Waals surface area (Å²) in [6.07, 6.45) is 7.00. The molecule has 3 atom stereocenters. The molecule has 0 bridgehead atoms. The van der Waals surface area contributed by atoms with E-state index in [2.05, 4.69) is 121 Å². The summed E-state index contributed by atoms with van der Waals surface area (Å²) in [6.45, 7) is 27.0. The van der Waals surface area contributed by atoms with E-state index in [1.807, 2.05) is 6.08 Å². The monoisotopic (exact) mass is 488 g/mol. The maximum absolute atomic E-state index is 9.13. The first-order valence-electron chi connectivity index (χ1n) is 13.5. The van der Waals surface area contributed by atoms with Crippen LogP contribution in [0.5, 0.6) is 0 Å². The molecule has 1 heterocycles. The maximum Gasteiger partial charge on any atom is 0.102 e. The zero-order valence-electron chi connectivity index (χ0n) is 25.1. The van der Waals surface area contributed by atoms with E-state index in [9.17, 15) is 0 Å². The summed E-state index contributed by atoms with van der Waals surface area (Å²) in [5.41, 5.74) is 3.99. The van der Waals surface area contributed by atoms with Crippen LogP contribution in [0, 0.1) is 10.8 Å². The van der Waals surface area contributed by atoms with Crippen LogP contribution in [-0.2, 0) is 0 Å². The molecule has 1 rings (SSSR count). The standard InChI is InChI=1S/C29H56N6/c1-14-17-22(4)34(19-18-31(11)12)26(15-2)25(7)33(16-3)28(30)21-24(6)35-23(5)20-27(32(35)13)29(8,9)10/h14,20,22,24,27,30H,1,15-19,21H2,2-13H3. The van der Waals surface area contributed by atoms with Gasteiger partial charge in [0.2, 0.25) is 0 Å². The molecule has 35 heavy (non-hydrogen) atoms. The van der Waals surface area contributed by atoms with Gasteiger partial charge in [-0.2, -0.15) is 0 Å². The number of likely N-dealkylation sites (N-methyl/N-ethyl adjacent to an activating group) is 2. The minimum atomic E-state index is 0.168. The number of nitrogens with one attached hydrogen (secondary N) is 1. The highest BCUT2D eigenvalue weighted by atomic mass is 15.7. The van der Waals surface area contributed by atoms with Crippen LogP contribution in [0.1, 0.15) is 81.6 Å². The zero-order chi connectivity index (χ0) is 27.1. The molecule has 1 aliphatic heterocycles. The van der Waals surface area contributed by atoms with Gasteiger partial charge in [0, 0.05) is 62.3 Å². The van der Waals surface area contributed by atoms with Gasteiger partial charge in [0.25, 0.3) is 0 Å². The molecular formula is C29H56N6. The molecule has 0 fully saturated rings. The smallest absolute Gasteiger partial charge is 0.102 e. The Hall–Kier alpha value is -1.79. The Morgan fingerprint density at radius 1 is 1.20 bits per heavy atom. The predicted octanol–water partition coefficient (Wildman–Crippen LogP) is 6.01. The van der Waals surface area contributed by atoms with E-state index < -0.39 is 0 Å². The molecule has 0 aromatic rings. The van der Waals surface area contributed by atoms with Crippen molar-refractivity contribution in [1.82, 2.24) is 24.7 Å². The fraction of sp³-hybridized carbons (Fsp3) is 0.759. The van der Waals surface area contributed by atoms with E-state index in [4.69, 9.17) is 5.41 Å². The van der Waals surface area contributed by atoms with Crippen LogP contribution in [0.3, 0.4) is 0 Å². The Kier molecular flexibility index (Phi) is 12.0. The van der Waals surface area contributed by atoms with Gasteiger partial charge in [-0.1, -0.05) is 33.8 Å². The molecule has 0 radical (unpaired) electrons. The van der Waals surface area contributed by atoms with Crippen molar-refractivity contribution in [2.24, 2.45) is 5.41 Å². The van der Waals surface area contributed by atoms with Gasteiger partial charge in [-0.25, -0.2) is 5.01 Å². The van der Waals surface area contributed by atoms with Crippen LogP contribution >= 0.6 is 0 Å². The molecule has 202 valence electrons. The summed E-state index contributed by atoms with van der Waals surface area (Å²) in [4.78, 5) is 6.99. The third-order valence-electron chi connectivity index (χ3n) is 7.27. The average molecular weight is 489 g/mol. The number of hydrogen-bond acceptors (Lipinski definition) is 5. The molecule has 0 spiro atoms. The predicted molar refractivity (Wildman–Crippen MR) is 153 cm³/mol. The van der Waals surface area contributed by atoms with Crippen molar-refractivity contribution in [1.29, 1.82) is 5.41 Å². The molecule has 1 aliphatic rings. The summed E-state index contributed by atoms with van der Waals surface area (Å²) in [7, 11) is 6.44. The van der Waals surface area contributed by atoms with Crippen molar-refractivity contribution in [3.05, 3.63) is 35.8 Å². The second-order valence-corrected chi connectivity index (χ2v) is 11.5. The van der Waals surface area contributed by atoms with Crippen molar-refractivity contribution in [3.63, 3.8) is 0 Å². The first-order chi connectivity index (χ1) is 16.2. The van der Waals surface area contributed by atoms with Gasteiger partial charge in [-0.05, 0) is 73.0 Å². The van der Waals surface area contributed by atoms with Gasteiger partial charge in [-0.15, -0.1) is 6.58 Å². The summed E-state index contributed by atoms with van der Waals surface area (Å²) < 4.78 is 0. The van der Waals surface area contributed by atoms with Crippen LogP contribution in [-0.4, -0.2) is 89.5 Å². The van der Waals surface area contributed by atoms with E-state index >= 15 is 0 Å². The van der Waals surface area contributed by atoms with E-state index in [1.54, 1.807) is 0 Å². The Labute approximate surface area is 217 Å². The Morgan fingerprint density at radius 3 is 2.23 bits per heavy atom. The SMILES string of the molecule is C=CCC(C)N(CCN(C)C)C(CC)=C(C)N(CC)C(=N)CC(C)N1C(C)=CC(C(C)(C)C)N1C. The number of allylic oxidation sites excluding steroid dienone is 3. The third kappa shape index (κ3) is 8.11. The van der Waals surface area contributed by atoms with Crippen LogP contribution in [0.4, 0.5) is 0 Å². The Morgan fingerprint density at radius 2 is 1.80 bits per heavy atom. The molecule has 1 N–H and O–H groups in total. The summed E-state index contributed by atoms with van der Waals surface area (Å²) >= 11 is 0. The maximum atomic E-state index is 9.13. The normalized spacial score (nSPS) is 19.4. The lowest BCUT2D eigenvalue weighted by Gasteiger charge is -2.41. The third-order valence-corrected chi connectivity index (χ3v) is 7.27. The number of nitrogens with zero attached hydrogens (tertiary/aromatic N) is 5. The number of amidine groups is 1. The van der Waals surface area contributed by atoms with Crippen LogP contribution in [0.2, 0.25) is 0 Å². The van der Waals surface area contributed by atoms with Gasteiger partial charge in [0.1, 0.15) is 5.84 Å². The minimum Gasteiger partial charge on any atom is -0.369 e. The molecule has 0 amide bonds. The molecule has 6 heteroatoms. The second kappa shape index (κ2) is 13.5. The molecule has 0 aliphatic carbocycles. The Balaban J connectivity index is 3.17. The molecule has 0 aromatic carbocycles. The van der Waals surface area contributed by atoms with E-state index in [0.29, 0.717) is 24.3 Å². The fourth-order valence-corrected chi connectivity index (χ4v) is 5.49. The highest BCUT2D eigenvalue weighted by molar-refractivity contribution is 5.81. The molecule has 0 aromatic heterocycles. The highest BCUT2D eigenvalue weighted by Crippen LogP contribution is 2.34. The number of hydrogen-bond donors (Lipinski definition) is 1. The van der Waals surface area contributed by atoms with E-state index in [-0.39, 0.29) is 11.5 Å². The summed E-state index contributed by atoms with van der Waals surface area (Å²) in [5, 5.41) is 13.9. The molecule has 6 nitrogen and oxygen atoms in total. The lowest BCUT2D eigenvalue weighted by molar-refractivity contribution is -0.0266. The lowest BCUT2D eigenvalue weighted by Crippen LogP contribution is -2.49. The highest BCUT2D eigenvalue weighted by Gasteiger charge is 2.37. The first-order valence-corrected chi connectivity index (χ1v) is 13.5. The number of rotatable bonds is 13. The summed E-state index contributed by atoms with van der Waals surface area (Å²) in [5.74, 6) is 0.688. The fourth-order valence-electron chi connectivity index (χ4n) is 5.49. The van der Waals surface area contributed by atoms with Crippen LogP contribution in [0.25, 0.3) is 0 Å². The van der Waals surface area contributed by atoms with Crippen molar-refractivity contribution in [3.8, 4) is 0 Å². The van der Waals surface area contributed by atoms with Gasteiger partial charge >= 0.3 is 0 Å². The molecule has 3 unspecified atom stereocenters. The van der Waals surface area contributed by atoms with Crippen LogP contribution in [0.15, 0.2) is 35.8 Å². The molecule has 0 saturated carbocycles. The first kappa shape index (κ1) is 31.2. The van der Waals surface area contributed by atoms with E-state index in [1.165, 1.54) is 17.1 Å². The van der Waals surface area contributed by atoms with Crippen molar-refractivity contribution < 1.29 is 0 Å². The quantitative estimate of drug-likeness (QED) is 0.195. The van der Waals surface area contributed by atoms with Gasteiger partial charge in [-0.3, -0.25) is 5.41 Å². The Bertz CT molecular complexity index is 760. The number of hydrazine groups is 1. The van der Waals surface area contributed by atoms with Gasteiger partial charge in [0.05, 0.1) is 6.04 Å². The molecular weight excluding hydrogens is 432 g/mol. The molecule has 0 saturated heterocycles. The zero-order valence-corrected chi connectivity index (χ0v) is 25.1. The van der Waals surface area contributed by atoms with Crippen molar-refractivity contribution in [2.45, 2.75) is 99.7 Å².